The van der Waals surface area contributed by atoms with E-state index in [1.807, 2.05) is 11.4 Å². The minimum absolute atomic E-state index is 0.335. The van der Waals surface area contributed by atoms with Crippen molar-refractivity contribution in [1.29, 1.82) is 0 Å². The van der Waals surface area contributed by atoms with Gasteiger partial charge < -0.3 is 9.84 Å². The van der Waals surface area contributed by atoms with Gasteiger partial charge in [0.05, 0.1) is 0 Å². The second kappa shape index (κ2) is 6.67. The number of ether oxygens (including phenoxy) is 1. The third kappa shape index (κ3) is 4.47. The Hall–Kier alpha value is -1.66. The van der Waals surface area contributed by atoms with E-state index in [-0.39, 0.29) is 0 Å². The molecule has 0 saturated carbocycles. The first-order valence-electron chi connectivity index (χ1n) is 5.60. The number of rotatable bonds is 5. The van der Waals surface area contributed by atoms with E-state index >= 15 is 0 Å². The fourth-order valence-corrected chi connectivity index (χ4v) is 2.88. The number of thiophene rings is 1. The summed E-state index contributed by atoms with van der Waals surface area (Å²) in [5, 5.41) is 10.5. The van der Waals surface area contributed by atoms with Crippen LogP contribution in [0, 0.1) is 5.82 Å². The molecule has 0 fully saturated rings. The normalized spacial score (nSPS) is 10.9. The molecule has 2 aromatic rings. The molecule has 0 amide bonds. The predicted molar refractivity (Wildman–Crippen MR) is 79.4 cm³/mol. The molecule has 0 spiro atoms. The van der Waals surface area contributed by atoms with Gasteiger partial charge in [-0.25, -0.2) is 9.18 Å². The summed E-state index contributed by atoms with van der Waals surface area (Å²) in [6, 6.07) is 6.02. The lowest BCUT2D eigenvalue weighted by atomic mass is 10.2. The van der Waals surface area contributed by atoms with E-state index in [1.54, 1.807) is 6.07 Å². The number of hydrogen-bond donors (Lipinski definition) is 1. The van der Waals surface area contributed by atoms with Crippen LogP contribution in [0.3, 0.4) is 0 Å². The third-order valence-corrected chi connectivity index (χ3v) is 3.99. The van der Waals surface area contributed by atoms with Crippen molar-refractivity contribution < 1.29 is 19.0 Å². The Bertz CT molecular complexity index is 652. The van der Waals surface area contributed by atoms with E-state index in [0.29, 0.717) is 17.9 Å². The molecule has 1 aromatic carbocycles. The van der Waals surface area contributed by atoms with Gasteiger partial charge in [-0.15, -0.1) is 11.3 Å². The van der Waals surface area contributed by atoms with E-state index in [9.17, 15) is 9.18 Å². The molecule has 0 unspecified atom stereocenters. The molecule has 6 heteroatoms. The highest BCUT2D eigenvalue weighted by Crippen LogP contribution is 2.23. The highest BCUT2D eigenvalue weighted by Gasteiger charge is 2.03. The van der Waals surface area contributed by atoms with Gasteiger partial charge in [0.25, 0.3) is 0 Å². The number of hydrogen-bond acceptors (Lipinski definition) is 3. The monoisotopic (exact) mass is 356 g/mol. The Morgan fingerprint density at radius 1 is 1.40 bits per heavy atom. The molecule has 0 saturated heterocycles. The lowest BCUT2D eigenvalue weighted by Gasteiger charge is -2.06. The molecule has 104 valence electrons. The number of benzene rings is 1. The Kier molecular flexibility index (Phi) is 4.92. The topological polar surface area (TPSA) is 46.5 Å². The number of carboxylic acids is 1. The van der Waals surface area contributed by atoms with Gasteiger partial charge in [-0.3, -0.25) is 0 Å². The standard InChI is InChI=1S/C14H10BrFO3S/c15-10-5-13(20-8-10)7-19-12-4-9(1-2-14(17)18)3-11(16)6-12/h1-6,8H,7H2,(H,17,18)/b2-1+. The van der Waals surface area contributed by atoms with Gasteiger partial charge in [-0.05, 0) is 45.8 Å². The second-order valence-electron chi connectivity index (χ2n) is 3.91. The minimum atomic E-state index is -1.08. The zero-order chi connectivity index (χ0) is 14.5. The smallest absolute Gasteiger partial charge is 0.328 e. The van der Waals surface area contributed by atoms with Crippen LogP contribution in [-0.2, 0) is 11.4 Å². The molecule has 0 aliphatic carbocycles. The van der Waals surface area contributed by atoms with Crippen LogP contribution >= 0.6 is 27.3 Å². The zero-order valence-corrected chi connectivity index (χ0v) is 12.6. The molecular formula is C14H10BrFO3S. The average Bonchev–Trinajstić information content (AvgIpc) is 2.79. The second-order valence-corrected chi connectivity index (χ2v) is 5.82. The molecule has 0 aliphatic rings. The Balaban J connectivity index is 2.09. The summed E-state index contributed by atoms with van der Waals surface area (Å²) in [6.45, 7) is 0.335. The van der Waals surface area contributed by atoms with Crippen molar-refractivity contribution in [2.45, 2.75) is 6.61 Å². The van der Waals surface area contributed by atoms with Crippen molar-refractivity contribution in [2.24, 2.45) is 0 Å². The highest BCUT2D eigenvalue weighted by molar-refractivity contribution is 9.10. The molecule has 1 aromatic heterocycles. The van der Waals surface area contributed by atoms with Crippen LogP contribution in [0.15, 0.2) is 40.2 Å². The first kappa shape index (κ1) is 14.7. The van der Waals surface area contributed by atoms with Crippen LogP contribution in [0.25, 0.3) is 6.08 Å². The SMILES string of the molecule is O=C(O)/C=C/c1cc(F)cc(OCc2cc(Br)cs2)c1. The van der Waals surface area contributed by atoms with Crippen LogP contribution < -0.4 is 4.74 Å². The van der Waals surface area contributed by atoms with Crippen LogP contribution in [-0.4, -0.2) is 11.1 Å². The Labute approximate surface area is 127 Å². The largest absolute Gasteiger partial charge is 0.488 e. The Morgan fingerprint density at radius 2 is 2.20 bits per heavy atom. The first-order chi connectivity index (χ1) is 9.52. The zero-order valence-electron chi connectivity index (χ0n) is 10.2. The molecule has 1 N–H and O–H groups in total. The summed E-state index contributed by atoms with van der Waals surface area (Å²) in [6.07, 6.45) is 2.27. The quantitative estimate of drug-likeness (QED) is 0.811. The van der Waals surface area contributed by atoms with E-state index in [2.05, 4.69) is 15.9 Å². The van der Waals surface area contributed by atoms with Crippen molar-refractivity contribution in [3.05, 3.63) is 56.5 Å². The van der Waals surface area contributed by atoms with Crippen LogP contribution in [0.5, 0.6) is 5.75 Å². The maximum atomic E-state index is 13.4. The van der Waals surface area contributed by atoms with Crippen molar-refractivity contribution in [2.75, 3.05) is 0 Å². The number of aliphatic carboxylic acids is 1. The first-order valence-corrected chi connectivity index (χ1v) is 7.27. The van der Waals surface area contributed by atoms with Crippen molar-refractivity contribution >= 4 is 39.3 Å². The summed E-state index contributed by atoms with van der Waals surface area (Å²) in [5.41, 5.74) is 0.440. The molecule has 20 heavy (non-hydrogen) atoms. The van der Waals surface area contributed by atoms with Gasteiger partial charge in [-0.1, -0.05) is 0 Å². The summed E-state index contributed by atoms with van der Waals surface area (Å²) in [4.78, 5) is 11.4. The van der Waals surface area contributed by atoms with Gasteiger partial charge in [0.1, 0.15) is 18.2 Å². The molecule has 0 radical (unpaired) electrons. The summed E-state index contributed by atoms with van der Waals surface area (Å²) in [7, 11) is 0. The highest BCUT2D eigenvalue weighted by atomic mass is 79.9. The average molecular weight is 357 g/mol. The lowest BCUT2D eigenvalue weighted by Crippen LogP contribution is -1.94. The summed E-state index contributed by atoms with van der Waals surface area (Å²) < 4.78 is 19.9. The van der Waals surface area contributed by atoms with Gasteiger partial charge in [0, 0.05) is 26.9 Å². The van der Waals surface area contributed by atoms with E-state index < -0.39 is 11.8 Å². The van der Waals surface area contributed by atoms with Crippen LogP contribution in [0.2, 0.25) is 0 Å². The minimum Gasteiger partial charge on any atom is -0.488 e. The molecule has 0 bridgehead atoms. The molecule has 0 aliphatic heterocycles. The molecule has 2 rings (SSSR count). The number of halogens is 2. The lowest BCUT2D eigenvalue weighted by molar-refractivity contribution is -0.131. The maximum Gasteiger partial charge on any atom is 0.328 e. The summed E-state index contributed by atoms with van der Waals surface area (Å²) in [5.74, 6) is -1.19. The van der Waals surface area contributed by atoms with E-state index in [4.69, 9.17) is 9.84 Å². The van der Waals surface area contributed by atoms with Crippen LogP contribution in [0.1, 0.15) is 10.4 Å². The molecule has 0 atom stereocenters. The third-order valence-electron chi connectivity index (χ3n) is 2.31. The van der Waals surface area contributed by atoms with E-state index in [0.717, 1.165) is 15.4 Å². The van der Waals surface area contributed by atoms with Crippen molar-refractivity contribution in [1.82, 2.24) is 0 Å². The van der Waals surface area contributed by atoms with Crippen molar-refractivity contribution in [3.63, 3.8) is 0 Å². The van der Waals surface area contributed by atoms with Gasteiger partial charge in [0.2, 0.25) is 0 Å². The van der Waals surface area contributed by atoms with Crippen LogP contribution in [0.4, 0.5) is 4.39 Å². The fraction of sp³-hybridized carbons (Fsp3) is 0.0714. The molecule has 1 heterocycles. The maximum absolute atomic E-state index is 13.4. The van der Waals surface area contributed by atoms with Gasteiger partial charge in [0.15, 0.2) is 0 Å². The predicted octanol–water partition coefficient (Wildman–Crippen LogP) is 4.33. The molecule has 3 nitrogen and oxygen atoms in total. The van der Waals surface area contributed by atoms with Crippen molar-refractivity contribution in [3.8, 4) is 5.75 Å². The Morgan fingerprint density at radius 3 is 2.85 bits per heavy atom. The molecular weight excluding hydrogens is 347 g/mol. The fourth-order valence-electron chi connectivity index (χ4n) is 1.52. The van der Waals surface area contributed by atoms with Gasteiger partial charge >= 0.3 is 5.97 Å². The van der Waals surface area contributed by atoms with E-state index in [1.165, 1.54) is 29.5 Å². The number of carbonyl (C=O) groups is 1. The van der Waals surface area contributed by atoms with Gasteiger partial charge in [-0.2, -0.15) is 0 Å². The number of carboxylic acid groups (broad SMARTS) is 1. The summed E-state index contributed by atoms with van der Waals surface area (Å²) >= 11 is 4.88.